The fourth-order valence-electron chi connectivity index (χ4n) is 1.89. The van der Waals surface area contributed by atoms with E-state index < -0.39 is 18.0 Å². The second-order valence-electron chi connectivity index (χ2n) is 4.43. The Bertz CT molecular complexity index is 688. The number of halogens is 1. The number of urea groups is 1. The van der Waals surface area contributed by atoms with Gasteiger partial charge in [0.2, 0.25) is 0 Å². The summed E-state index contributed by atoms with van der Waals surface area (Å²) in [6.45, 7) is 1.71. The maximum Gasteiger partial charge on any atom is 0.326 e. The molecule has 1 atom stereocenters. The van der Waals surface area contributed by atoms with Gasteiger partial charge >= 0.3 is 12.0 Å². The third kappa shape index (κ3) is 3.43. The molecule has 2 N–H and O–H groups in total. The molecule has 0 saturated heterocycles. The summed E-state index contributed by atoms with van der Waals surface area (Å²) in [5.41, 5.74) is 0.729. The number of carbonyl (C=O) groups is 2. The molecular weight excluding hydrogens is 314 g/mol. The van der Waals surface area contributed by atoms with Gasteiger partial charge in [-0.1, -0.05) is 29.9 Å². The number of benzene rings is 1. The van der Waals surface area contributed by atoms with Crippen LogP contribution < -0.4 is 5.32 Å². The molecule has 1 aromatic carbocycles. The Kier molecular flexibility index (Phi) is 4.64. The third-order valence-corrected chi connectivity index (χ3v) is 4.19. The molecule has 1 unspecified atom stereocenters. The van der Waals surface area contributed by atoms with Crippen molar-refractivity contribution in [3.05, 3.63) is 23.2 Å². The van der Waals surface area contributed by atoms with Crippen molar-refractivity contribution in [2.75, 3.05) is 12.4 Å². The van der Waals surface area contributed by atoms with Crippen molar-refractivity contribution in [3.8, 4) is 0 Å². The van der Waals surface area contributed by atoms with Crippen LogP contribution in [0.4, 0.5) is 9.93 Å². The van der Waals surface area contributed by atoms with Crippen LogP contribution in [0.3, 0.4) is 0 Å². The minimum atomic E-state index is -1.04. The van der Waals surface area contributed by atoms with Crippen molar-refractivity contribution in [1.29, 1.82) is 0 Å². The molecule has 2 aromatic rings. The Hall–Kier alpha value is -1.86. The van der Waals surface area contributed by atoms with Gasteiger partial charge in [0.1, 0.15) is 6.04 Å². The SMILES string of the molecule is CCC(C(=O)O)N(C)C(=O)Nc1nc2ccc(Cl)cc2s1. The number of rotatable bonds is 4. The molecule has 0 fully saturated rings. The highest BCUT2D eigenvalue weighted by Gasteiger charge is 2.25. The van der Waals surface area contributed by atoms with Crippen LogP contribution in [0.15, 0.2) is 18.2 Å². The maximum atomic E-state index is 12.1. The number of amides is 2. The lowest BCUT2D eigenvalue weighted by molar-refractivity contribution is -0.141. The van der Waals surface area contributed by atoms with Gasteiger partial charge in [0.15, 0.2) is 5.13 Å². The van der Waals surface area contributed by atoms with Crippen LogP contribution in [0, 0.1) is 0 Å². The van der Waals surface area contributed by atoms with Gasteiger partial charge in [-0.25, -0.2) is 14.6 Å². The minimum absolute atomic E-state index is 0.328. The Morgan fingerprint density at radius 2 is 2.24 bits per heavy atom. The number of carboxylic acids is 1. The lowest BCUT2D eigenvalue weighted by atomic mass is 10.2. The summed E-state index contributed by atoms with van der Waals surface area (Å²) in [5.74, 6) is -1.04. The van der Waals surface area contributed by atoms with E-state index in [-0.39, 0.29) is 0 Å². The number of nitrogens with zero attached hydrogens (tertiary/aromatic N) is 2. The van der Waals surface area contributed by atoms with Crippen molar-refractivity contribution >= 4 is 50.3 Å². The smallest absolute Gasteiger partial charge is 0.326 e. The van der Waals surface area contributed by atoms with E-state index in [0.717, 1.165) is 15.1 Å². The van der Waals surface area contributed by atoms with Gasteiger partial charge in [-0.3, -0.25) is 5.32 Å². The molecule has 2 amide bonds. The summed E-state index contributed by atoms with van der Waals surface area (Å²) in [5, 5.41) is 12.7. The number of carboxylic acid groups (broad SMARTS) is 1. The van der Waals surface area contributed by atoms with Gasteiger partial charge < -0.3 is 10.0 Å². The summed E-state index contributed by atoms with van der Waals surface area (Å²) in [6, 6.07) is 3.88. The third-order valence-electron chi connectivity index (χ3n) is 3.02. The second-order valence-corrected chi connectivity index (χ2v) is 5.90. The average Bonchev–Trinajstić information content (AvgIpc) is 2.80. The fourth-order valence-corrected chi connectivity index (χ4v) is 3.02. The van der Waals surface area contributed by atoms with E-state index >= 15 is 0 Å². The number of hydrogen-bond donors (Lipinski definition) is 2. The molecule has 1 aromatic heterocycles. The molecular formula is C13H14ClN3O3S. The maximum absolute atomic E-state index is 12.1. The Morgan fingerprint density at radius 3 is 2.86 bits per heavy atom. The molecule has 0 aliphatic carbocycles. The van der Waals surface area contributed by atoms with Crippen molar-refractivity contribution in [3.63, 3.8) is 0 Å². The van der Waals surface area contributed by atoms with Crippen LogP contribution in [-0.4, -0.2) is 40.1 Å². The number of likely N-dealkylation sites (N-methyl/N-ethyl adjacent to an activating group) is 1. The molecule has 2 rings (SSSR count). The highest BCUT2D eigenvalue weighted by atomic mass is 35.5. The predicted octanol–water partition coefficient (Wildman–Crippen LogP) is 3.28. The quantitative estimate of drug-likeness (QED) is 0.902. The van der Waals surface area contributed by atoms with Crippen LogP contribution in [0.1, 0.15) is 13.3 Å². The second kappa shape index (κ2) is 6.28. The van der Waals surface area contributed by atoms with Crippen molar-refractivity contribution in [1.82, 2.24) is 9.88 Å². The molecule has 0 spiro atoms. The van der Waals surface area contributed by atoms with Gasteiger partial charge in [-0.15, -0.1) is 0 Å². The van der Waals surface area contributed by atoms with Gasteiger partial charge in [-0.2, -0.15) is 0 Å². The molecule has 1 heterocycles. The monoisotopic (exact) mass is 327 g/mol. The van der Waals surface area contributed by atoms with Gasteiger partial charge in [-0.05, 0) is 24.6 Å². The van der Waals surface area contributed by atoms with Crippen molar-refractivity contribution in [2.45, 2.75) is 19.4 Å². The number of carbonyl (C=O) groups excluding carboxylic acids is 1. The molecule has 0 bridgehead atoms. The predicted molar refractivity (Wildman–Crippen MR) is 83.1 cm³/mol. The largest absolute Gasteiger partial charge is 0.480 e. The van der Waals surface area contributed by atoms with E-state index in [1.54, 1.807) is 25.1 Å². The van der Waals surface area contributed by atoms with E-state index in [1.165, 1.54) is 18.4 Å². The number of hydrogen-bond acceptors (Lipinski definition) is 4. The summed E-state index contributed by atoms with van der Waals surface area (Å²) in [6.07, 6.45) is 0.328. The molecule has 112 valence electrons. The molecule has 8 heteroatoms. The first kappa shape index (κ1) is 15.5. The van der Waals surface area contributed by atoms with Crippen LogP contribution >= 0.6 is 22.9 Å². The summed E-state index contributed by atoms with van der Waals surface area (Å²) in [7, 11) is 1.45. The highest BCUT2D eigenvalue weighted by molar-refractivity contribution is 7.22. The van der Waals surface area contributed by atoms with Crippen LogP contribution in [0.2, 0.25) is 5.02 Å². The first-order chi connectivity index (χ1) is 9.92. The topological polar surface area (TPSA) is 82.5 Å². The molecule has 6 nitrogen and oxygen atoms in total. The minimum Gasteiger partial charge on any atom is -0.480 e. The van der Waals surface area contributed by atoms with Crippen LogP contribution in [0.5, 0.6) is 0 Å². The van der Waals surface area contributed by atoms with Crippen LogP contribution in [0.25, 0.3) is 10.2 Å². The number of anilines is 1. The molecule has 21 heavy (non-hydrogen) atoms. The van der Waals surface area contributed by atoms with E-state index in [4.69, 9.17) is 16.7 Å². The van der Waals surface area contributed by atoms with E-state index in [1.807, 2.05) is 0 Å². The zero-order chi connectivity index (χ0) is 15.6. The zero-order valence-corrected chi connectivity index (χ0v) is 13.0. The fraction of sp³-hybridized carbons (Fsp3) is 0.308. The lowest BCUT2D eigenvalue weighted by Gasteiger charge is -2.23. The standard InChI is InChI=1S/C13H14ClN3O3S/c1-3-9(11(18)19)17(2)13(20)16-12-15-8-5-4-7(14)6-10(8)21-12/h4-6,9H,3H2,1-2H3,(H,18,19)(H,15,16,20). The van der Waals surface area contributed by atoms with E-state index in [0.29, 0.717) is 16.6 Å². The van der Waals surface area contributed by atoms with Gasteiger partial charge in [0, 0.05) is 12.1 Å². The van der Waals surface area contributed by atoms with Crippen molar-refractivity contribution in [2.24, 2.45) is 0 Å². The summed E-state index contributed by atoms with van der Waals surface area (Å²) < 4.78 is 0.853. The van der Waals surface area contributed by atoms with Gasteiger partial charge in [0.05, 0.1) is 10.2 Å². The summed E-state index contributed by atoms with van der Waals surface area (Å²) >= 11 is 7.18. The number of nitrogens with one attached hydrogen (secondary N) is 1. The number of thiazole rings is 1. The van der Waals surface area contributed by atoms with Gasteiger partial charge in [0.25, 0.3) is 0 Å². The Morgan fingerprint density at radius 1 is 1.52 bits per heavy atom. The zero-order valence-electron chi connectivity index (χ0n) is 11.5. The molecule has 0 radical (unpaired) electrons. The van der Waals surface area contributed by atoms with E-state index in [2.05, 4.69) is 10.3 Å². The van der Waals surface area contributed by atoms with Crippen molar-refractivity contribution < 1.29 is 14.7 Å². The highest BCUT2D eigenvalue weighted by Crippen LogP contribution is 2.28. The lowest BCUT2D eigenvalue weighted by Crippen LogP contribution is -2.44. The number of aliphatic carboxylic acids is 1. The normalized spacial score (nSPS) is 12.1. The number of fused-ring (bicyclic) bond motifs is 1. The Balaban J connectivity index is 2.15. The summed E-state index contributed by atoms with van der Waals surface area (Å²) in [4.78, 5) is 28.5. The van der Waals surface area contributed by atoms with E-state index in [9.17, 15) is 9.59 Å². The Labute approximate surface area is 130 Å². The average molecular weight is 328 g/mol. The van der Waals surface area contributed by atoms with Crippen LogP contribution in [-0.2, 0) is 4.79 Å². The number of aromatic nitrogens is 1. The first-order valence-electron chi connectivity index (χ1n) is 6.25. The molecule has 0 aliphatic rings. The molecule has 0 aliphatic heterocycles. The first-order valence-corrected chi connectivity index (χ1v) is 7.44. The molecule has 0 saturated carbocycles.